The molecule has 0 bridgehead atoms. The first-order valence-electron chi connectivity index (χ1n) is 5.87. The standard InChI is InChI=1S/C13H21N3O2/c1-9(2)16(3)8-13(17)15-11-6-5-10(14)7-12(11)18-4/h5-7,9H,8,14H2,1-4H3,(H,15,17). The zero-order chi connectivity index (χ0) is 13.7. The second kappa shape index (κ2) is 6.26. The molecule has 1 rings (SSSR count). The highest BCUT2D eigenvalue weighted by Gasteiger charge is 2.11. The quantitative estimate of drug-likeness (QED) is 0.779. The molecule has 18 heavy (non-hydrogen) atoms. The van der Waals surface area contributed by atoms with Crippen molar-refractivity contribution in [3.05, 3.63) is 18.2 Å². The van der Waals surface area contributed by atoms with Gasteiger partial charge in [-0.15, -0.1) is 0 Å². The summed E-state index contributed by atoms with van der Waals surface area (Å²) in [6, 6.07) is 5.47. The van der Waals surface area contributed by atoms with Gasteiger partial charge in [0.05, 0.1) is 19.3 Å². The third-order valence-corrected chi connectivity index (χ3v) is 2.77. The average molecular weight is 251 g/mol. The SMILES string of the molecule is COc1cc(N)ccc1NC(=O)CN(C)C(C)C. The van der Waals surface area contributed by atoms with Crippen LogP contribution in [-0.2, 0) is 4.79 Å². The summed E-state index contributed by atoms with van der Waals surface area (Å²) in [5.74, 6) is 0.491. The van der Waals surface area contributed by atoms with Gasteiger partial charge in [-0.05, 0) is 33.0 Å². The molecule has 0 radical (unpaired) electrons. The number of rotatable bonds is 5. The highest BCUT2D eigenvalue weighted by atomic mass is 16.5. The summed E-state index contributed by atoms with van der Waals surface area (Å²) in [6.07, 6.45) is 0. The maximum absolute atomic E-state index is 11.8. The summed E-state index contributed by atoms with van der Waals surface area (Å²) in [4.78, 5) is 13.8. The van der Waals surface area contributed by atoms with Crippen molar-refractivity contribution in [2.45, 2.75) is 19.9 Å². The molecule has 0 aromatic heterocycles. The summed E-state index contributed by atoms with van der Waals surface area (Å²) in [5.41, 5.74) is 6.89. The fourth-order valence-electron chi connectivity index (χ4n) is 1.41. The molecule has 100 valence electrons. The van der Waals surface area contributed by atoms with Crippen LogP contribution in [-0.4, -0.2) is 37.6 Å². The minimum atomic E-state index is -0.0747. The molecule has 0 saturated carbocycles. The molecule has 0 saturated heterocycles. The molecule has 5 nitrogen and oxygen atoms in total. The van der Waals surface area contributed by atoms with Gasteiger partial charge in [-0.1, -0.05) is 0 Å². The second-order valence-corrected chi connectivity index (χ2v) is 4.52. The van der Waals surface area contributed by atoms with Crippen LogP contribution in [0.15, 0.2) is 18.2 Å². The van der Waals surface area contributed by atoms with Crippen molar-refractivity contribution in [1.82, 2.24) is 4.90 Å². The Morgan fingerprint density at radius 2 is 2.17 bits per heavy atom. The number of carbonyl (C=O) groups excluding carboxylic acids is 1. The fourth-order valence-corrected chi connectivity index (χ4v) is 1.41. The van der Waals surface area contributed by atoms with Crippen molar-refractivity contribution >= 4 is 17.3 Å². The summed E-state index contributed by atoms with van der Waals surface area (Å²) >= 11 is 0. The summed E-state index contributed by atoms with van der Waals surface area (Å²) in [5, 5.41) is 2.81. The summed E-state index contributed by atoms with van der Waals surface area (Å²) in [6.45, 7) is 4.42. The van der Waals surface area contributed by atoms with Gasteiger partial charge < -0.3 is 15.8 Å². The molecule has 0 heterocycles. The highest BCUT2D eigenvalue weighted by Crippen LogP contribution is 2.26. The van der Waals surface area contributed by atoms with Crippen molar-refractivity contribution in [1.29, 1.82) is 0 Å². The number of hydrogen-bond donors (Lipinski definition) is 2. The first-order valence-corrected chi connectivity index (χ1v) is 5.87. The normalized spacial score (nSPS) is 10.8. The summed E-state index contributed by atoms with van der Waals surface area (Å²) in [7, 11) is 3.45. The zero-order valence-electron chi connectivity index (χ0n) is 11.4. The molecule has 3 N–H and O–H groups in total. The van der Waals surface area contributed by atoms with E-state index in [2.05, 4.69) is 5.32 Å². The number of hydrogen-bond acceptors (Lipinski definition) is 4. The van der Waals surface area contributed by atoms with E-state index < -0.39 is 0 Å². The van der Waals surface area contributed by atoms with Crippen molar-refractivity contribution < 1.29 is 9.53 Å². The van der Waals surface area contributed by atoms with Gasteiger partial charge in [-0.2, -0.15) is 0 Å². The number of amides is 1. The molecule has 0 unspecified atom stereocenters. The topological polar surface area (TPSA) is 67.6 Å². The molecule has 0 aliphatic heterocycles. The van der Waals surface area contributed by atoms with Crippen molar-refractivity contribution in [2.75, 3.05) is 31.8 Å². The third-order valence-electron chi connectivity index (χ3n) is 2.77. The summed E-state index contributed by atoms with van der Waals surface area (Å²) < 4.78 is 5.17. The van der Waals surface area contributed by atoms with Crippen LogP contribution in [0.1, 0.15) is 13.8 Å². The van der Waals surface area contributed by atoms with Crippen LogP contribution in [0.3, 0.4) is 0 Å². The Morgan fingerprint density at radius 3 is 2.72 bits per heavy atom. The van der Waals surface area contributed by atoms with E-state index in [4.69, 9.17) is 10.5 Å². The predicted octanol–water partition coefficient (Wildman–Crippen LogP) is 1.56. The second-order valence-electron chi connectivity index (χ2n) is 4.52. The van der Waals surface area contributed by atoms with Crippen LogP contribution in [0, 0.1) is 0 Å². The Labute approximate surface area is 108 Å². The number of likely N-dealkylation sites (N-methyl/N-ethyl adjacent to an activating group) is 1. The lowest BCUT2D eigenvalue weighted by Gasteiger charge is -2.20. The van der Waals surface area contributed by atoms with Gasteiger partial charge in [0.1, 0.15) is 5.75 Å². The van der Waals surface area contributed by atoms with E-state index in [1.807, 2.05) is 25.8 Å². The molecule has 0 aliphatic carbocycles. The molecule has 0 aliphatic rings. The van der Waals surface area contributed by atoms with E-state index in [0.717, 1.165) is 0 Å². The number of methoxy groups -OCH3 is 1. The Bertz CT molecular complexity index is 419. The lowest BCUT2D eigenvalue weighted by atomic mass is 10.2. The van der Waals surface area contributed by atoms with Gasteiger partial charge in [0.2, 0.25) is 5.91 Å². The minimum Gasteiger partial charge on any atom is -0.494 e. The van der Waals surface area contributed by atoms with E-state index in [-0.39, 0.29) is 5.91 Å². The molecule has 0 fully saturated rings. The molecule has 0 spiro atoms. The Morgan fingerprint density at radius 1 is 1.50 bits per heavy atom. The molecule has 1 aromatic carbocycles. The predicted molar refractivity (Wildman–Crippen MR) is 73.8 cm³/mol. The van der Waals surface area contributed by atoms with E-state index in [1.54, 1.807) is 25.3 Å². The molecule has 1 aromatic rings. The van der Waals surface area contributed by atoms with E-state index in [0.29, 0.717) is 29.7 Å². The van der Waals surface area contributed by atoms with Crippen LogP contribution in [0.25, 0.3) is 0 Å². The molecular formula is C13H21N3O2. The minimum absolute atomic E-state index is 0.0747. The monoisotopic (exact) mass is 251 g/mol. The van der Waals surface area contributed by atoms with Crippen molar-refractivity contribution in [3.63, 3.8) is 0 Å². The van der Waals surface area contributed by atoms with Gasteiger partial charge in [-0.25, -0.2) is 0 Å². The lowest BCUT2D eigenvalue weighted by molar-refractivity contribution is -0.117. The van der Waals surface area contributed by atoms with Crippen LogP contribution >= 0.6 is 0 Å². The molecule has 1 amide bonds. The number of carbonyl (C=O) groups is 1. The number of ether oxygens (including phenoxy) is 1. The first kappa shape index (κ1) is 14.3. The third kappa shape index (κ3) is 3.92. The Hall–Kier alpha value is -1.75. The molecule has 5 heteroatoms. The maximum atomic E-state index is 11.8. The van der Waals surface area contributed by atoms with Gasteiger partial charge in [0.25, 0.3) is 0 Å². The zero-order valence-corrected chi connectivity index (χ0v) is 11.4. The molecule has 0 atom stereocenters. The largest absolute Gasteiger partial charge is 0.494 e. The van der Waals surface area contributed by atoms with Crippen molar-refractivity contribution in [2.24, 2.45) is 0 Å². The van der Waals surface area contributed by atoms with E-state index in [9.17, 15) is 4.79 Å². The number of nitrogen functional groups attached to an aromatic ring is 1. The van der Waals surface area contributed by atoms with Gasteiger partial charge in [0.15, 0.2) is 0 Å². The van der Waals surface area contributed by atoms with Crippen molar-refractivity contribution in [3.8, 4) is 5.75 Å². The fraction of sp³-hybridized carbons (Fsp3) is 0.462. The van der Waals surface area contributed by atoms with Gasteiger partial charge in [0, 0.05) is 17.8 Å². The maximum Gasteiger partial charge on any atom is 0.238 e. The smallest absolute Gasteiger partial charge is 0.238 e. The number of nitrogens with zero attached hydrogens (tertiary/aromatic N) is 1. The Kier molecular flexibility index (Phi) is 4.97. The number of nitrogens with one attached hydrogen (secondary N) is 1. The Balaban J connectivity index is 2.70. The number of anilines is 2. The first-order chi connectivity index (χ1) is 8.43. The van der Waals surface area contributed by atoms with Gasteiger partial charge in [-0.3, -0.25) is 9.69 Å². The number of nitrogens with two attached hydrogens (primary N) is 1. The van der Waals surface area contributed by atoms with Gasteiger partial charge >= 0.3 is 0 Å². The average Bonchev–Trinajstić information content (AvgIpc) is 2.31. The highest BCUT2D eigenvalue weighted by molar-refractivity contribution is 5.94. The van der Waals surface area contributed by atoms with Crippen LogP contribution in [0.2, 0.25) is 0 Å². The van der Waals surface area contributed by atoms with Crippen LogP contribution < -0.4 is 15.8 Å². The number of benzene rings is 1. The molecular weight excluding hydrogens is 230 g/mol. The van der Waals surface area contributed by atoms with E-state index >= 15 is 0 Å². The van der Waals surface area contributed by atoms with E-state index in [1.165, 1.54) is 0 Å². The van der Waals surface area contributed by atoms with Crippen LogP contribution in [0.5, 0.6) is 5.75 Å². The van der Waals surface area contributed by atoms with Crippen LogP contribution in [0.4, 0.5) is 11.4 Å². The lowest BCUT2D eigenvalue weighted by Crippen LogP contribution is -2.34.